The van der Waals surface area contributed by atoms with E-state index in [9.17, 15) is 0 Å². The van der Waals surface area contributed by atoms with Crippen LogP contribution in [0.2, 0.25) is 0 Å². The maximum atomic E-state index is 6.65. The molecule has 0 N–H and O–H groups in total. The van der Waals surface area contributed by atoms with Crippen molar-refractivity contribution in [3.05, 3.63) is 0 Å². The summed E-state index contributed by atoms with van der Waals surface area (Å²) in [5, 5.41) is 0. The molecule has 0 aromatic heterocycles. The molecular formula is C79H166Cl2P2. The quantitative estimate of drug-likeness (QED) is 0.0421. The fourth-order valence-electron chi connectivity index (χ4n) is 12.9. The third-order valence-corrected chi connectivity index (χ3v) is 23.5. The summed E-state index contributed by atoms with van der Waals surface area (Å²) in [4.78, 5) is 0. The van der Waals surface area contributed by atoms with Gasteiger partial charge in [0.05, 0.1) is 0 Å². The molecule has 0 amide bonds. The summed E-state index contributed by atoms with van der Waals surface area (Å²) in [6.07, 6.45) is 104. The second kappa shape index (κ2) is 66.4. The van der Waals surface area contributed by atoms with E-state index in [1.807, 2.05) is 0 Å². The Kier molecular flexibility index (Phi) is 69.2. The van der Waals surface area contributed by atoms with Gasteiger partial charge in [-0.1, -0.05) is 316 Å². The Morgan fingerprint density at radius 2 is 0.205 bits per heavy atom. The molecule has 0 nitrogen and oxygen atoms in total. The summed E-state index contributed by atoms with van der Waals surface area (Å²) >= 11 is 13.3. The van der Waals surface area contributed by atoms with Crippen molar-refractivity contribution in [2.45, 2.75) is 457 Å². The number of halogens is 2. The van der Waals surface area contributed by atoms with E-state index in [1.165, 1.54) is 455 Å². The first-order valence-electron chi connectivity index (χ1n) is 39.6. The first-order valence-corrected chi connectivity index (χ1v) is 48.9. The Morgan fingerprint density at radius 3 is 0.277 bits per heavy atom. The average Bonchev–Trinajstić information content (AvgIpc) is 3.46. The molecule has 0 bridgehead atoms. The third kappa shape index (κ3) is 89.9. The summed E-state index contributed by atoms with van der Waals surface area (Å²) in [5.74, 6) is -3.54. The topological polar surface area (TPSA) is 0 Å². The Bertz CT molecular complexity index is 1160. The Hall–Kier alpha value is 1.44. The SMILES string of the molecule is CCCCCCCCCCCCCCCCCCCCCCCCCCCCCCCCCCCCCP(C)(C)(C)Cl.CCCCCCCCCCCCCCCCCCCCCCCCCCCCCCCCCCCCP(C)(C)(C)Cl. The van der Waals surface area contributed by atoms with E-state index >= 15 is 0 Å². The molecule has 0 aliphatic rings. The summed E-state index contributed by atoms with van der Waals surface area (Å²) < 4.78 is 0. The Balaban J connectivity index is 0. The van der Waals surface area contributed by atoms with Crippen LogP contribution in [0.25, 0.3) is 0 Å². The summed E-state index contributed by atoms with van der Waals surface area (Å²) in [5.41, 5.74) is 0. The van der Waals surface area contributed by atoms with E-state index in [0.717, 1.165) is 0 Å². The van der Waals surface area contributed by atoms with Crippen LogP contribution in [0.1, 0.15) is 457 Å². The van der Waals surface area contributed by atoms with Gasteiger partial charge in [0, 0.05) is 0 Å². The van der Waals surface area contributed by atoms with Gasteiger partial charge in [-0.25, -0.2) is 0 Å². The molecule has 0 saturated carbocycles. The van der Waals surface area contributed by atoms with Gasteiger partial charge in [0.2, 0.25) is 0 Å². The normalized spacial score (nSPS) is 13.0. The van der Waals surface area contributed by atoms with E-state index in [2.05, 4.69) is 53.8 Å². The minimum atomic E-state index is -1.77. The van der Waals surface area contributed by atoms with Crippen LogP contribution in [0.15, 0.2) is 0 Å². The standard InChI is InChI=1S/C40H84ClP.C39H82ClP/c1-5-6-7-8-9-10-11-12-13-14-15-16-17-18-19-20-21-22-23-24-25-26-27-28-29-30-31-32-33-34-35-36-37-38-39-40-42(2,3,4)41;1-5-6-7-8-9-10-11-12-13-14-15-16-17-18-19-20-21-22-23-24-25-26-27-28-29-30-31-32-33-34-35-36-37-38-39-41(2,3,4)40/h5-40H2,1-4H3;5-39H2,1-4H3. The first-order chi connectivity index (χ1) is 40.1. The molecule has 0 heterocycles. The molecule has 0 rings (SSSR count). The number of unbranched alkanes of at least 4 members (excludes halogenated alkanes) is 67. The molecule has 0 saturated heterocycles. The second-order valence-corrected chi connectivity index (χ2v) is 51.1. The number of hydrogen-bond donors (Lipinski definition) is 0. The van der Waals surface area contributed by atoms with E-state index in [-0.39, 0.29) is 0 Å². The molecular weight excluding hydrogens is 1080 g/mol. The van der Waals surface area contributed by atoms with Gasteiger partial charge in [-0.05, 0) is 0 Å². The fraction of sp³-hybridized carbons (Fsp3) is 1.00. The molecule has 0 spiro atoms. The summed E-state index contributed by atoms with van der Waals surface area (Å²) in [7, 11) is 0. The van der Waals surface area contributed by atoms with Gasteiger partial charge in [0.15, 0.2) is 0 Å². The number of hydrogen-bond acceptors (Lipinski definition) is 0. The average molecular weight is 1250 g/mol. The first kappa shape index (κ1) is 86.5. The molecule has 0 fully saturated rings. The van der Waals surface area contributed by atoms with Crippen molar-refractivity contribution < 1.29 is 0 Å². The third-order valence-electron chi connectivity index (χ3n) is 18.8. The van der Waals surface area contributed by atoms with Crippen molar-refractivity contribution in [1.82, 2.24) is 0 Å². The predicted octanol–water partition coefficient (Wildman–Crippen LogP) is 32.1. The molecule has 0 atom stereocenters. The molecule has 0 aliphatic carbocycles. The van der Waals surface area contributed by atoms with Gasteiger partial charge in [0.1, 0.15) is 0 Å². The molecule has 83 heavy (non-hydrogen) atoms. The van der Waals surface area contributed by atoms with Crippen LogP contribution < -0.4 is 0 Å². The van der Waals surface area contributed by atoms with E-state index in [1.54, 1.807) is 0 Å². The molecule has 0 aromatic carbocycles. The predicted molar refractivity (Wildman–Crippen MR) is 401 cm³/mol. The van der Waals surface area contributed by atoms with E-state index in [4.69, 9.17) is 22.5 Å². The van der Waals surface area contributed by atoms with Gasteiger partial charge in [-0.2, -0.15) is 0 Å². The second-order valence-electron chi connectivity index (χ2n) is 31.0. The Morgan fingerprint density at radius 1 is 0.133 bits per heavy atom. The zero-order valence-electron chi connectivity index (χ0n) is 59.9. The van der Waals surface area contributed by atoms with Crippen LogP contribution in [0, 0.1) is 0 Å². The zero-order valence-corrected chi connectivity index (χ0v) is 63.2. The van der Waals surface area contributed by atoms with Crippen molar-refractivity contribution in [1.29, 1.82) is 0 Å². The van der Waals surface area contributed by atoms with Gasteiger partial charge in [-0.3, -0.25) is 0 Å². The molecule has 0 aliphatic heterocycles. The molecule has 4 heteroatoms. The van der Waals surface area contributed by atoms with Crippen molar-refractivity contribution in [2.24, 2.45) is 0 Å². The van der Waals surface area contributed by atoms with E-state index < -0.39 is 11.9 Å². The van der Waals surface area contributed by atoms with Crippen molar-refractivity contribution >= 4 is 34.4 Å². The van der Waals surface area contributed by atoms with E-state index in [0.29, 0.717) is 0 Å². The van der Waals surface area contributed by atoms with Crippen molar-refractivity contribution in [2.75, 3.05) is 52.3 Å². The van der Waals surface area contributed by atoms with Crippen molar-refractivity contribution in [3.8, 4) is 0 Å². The minimum absolute atomic E-state index is 1.26. The molecule has 0 unspecified atom stereocenters. The van der Waals surface area contributed by atoms with Crippen LogP contribution >= 0.6 is 34.4 Å². The monoisotopic (exact) mass is 1250 g/mol. The van der Waals surface area contributed by atoms with Crippen LogP contribution in [-0.4, -0.2) is 52.3 Å². The molecule has 0 aromatic rings. The fourth-order valence-corrected chi connectivity index (χ4v) is 16.2. The molecule has 0 radical (unpaired) electrons. The zero-order chi connectivity index (χ0) is 61.1. The van der Waals surface area contributed by atoms with Gasteiger partial charge in [-0.15, -0.1) is 0 Å². The van der Waals surface area contributed by atoms with Crippen molar-refractivity contribution in [3.63, 3.8) is 0 Å². The van der Waals surface area contributed by atoms with Gasteiger partial charge >= 0.3 is 228 Å². The van der Waals surface area contributed by atoms with Gasteiger partial charge < -0.3 is 0 Å². The van der Waals surface area contributed by atoms with Crippen LogP contribution in [0.5, 0.6) is 0 Å². The molecule has 506 valence electrons. The van der Waals surface area contributed by atoms with Crippen LogP contribution in [0.3, 0.4) is 0 Å². The number of rotatable bonds is 71. The summed E-state index contributed by atoms with van der Waals surface area (Å²) in [6.45, 7) is 18.3. The Labute approximate surface area is 540 Å². The van der Waals surface area contributed by atoms with Gasteiger partial charge in [0.25, 0.3) is 0 Å². The van der Waals surface area contributed by atoms with Crippen LogP contribution in [0.4, 0.5) is 0 Å². The summed E-state index contributed by atoms with van der Waals surface area (Å²) in [6, 6.07) is 0. The maximum absolute atomic E-state index is 6.65. The van der Waals surface area contributed by atoms with Crippen LogP contribution in [-0.2, 0) is 0 Å².